The second-order valence-electron chi connectivity index (χ2n) is 4.63. The van der Waals surface area contributed by atoms with Gasteiger partial charge in [0.2, 0.25) is 0 Å². The molecule has 0 saturated carbocycles. The Morgan fingerprint density at radius 2 is 1.95 bits per heavy atom. The lowest BCUT2D eigenvalue weighted by atomic mass is 10.1. The van der Waals surface area contributed by atoms with E-state index in [-0.39, 0.29) is 10.8 Å². The van der Waals surface area contributed by atoms with Gasteiger partial charge in [-0.2, -0.15) is 0 Å². The van der Waals surface area contributed by atoms with Crippen LogP contribution in [0.2, 0.25) is 5.02 Å². The van der Waals surface area contributed by atoms with Crippen molar-refractivity contribution in [3.63, 3.8) is 0 Å². The zero-order valence-electron chi connectivity index (χ0n) is 10.9. The van der Waals surface area contributed by atoms with Gasteiger partial charge in [-0.15, -0.1) is 0 Å². The van der Waals surface area contributed by atoms with Crippen LogP contribution in [-0.4, -0.2) is 6.54 Å². The van der Waals surface area contributed by atoms with Gasteiger partial charge < -0.3 is 5.32 Å². The predicted molar refractivity (Wildman–Crippen MR) is 78.0 cm³/mol. The van der Waals surface area contributed by atoms with E-state index in [1.807, 2.05) is 6.07 Å². The first-order chi connectivity index (χ1) is 9.16. The van der Waals surface area contributed by atoms with Gasteiger partial charge in [-0.3, -0.25) is 0 Å². The van der Waals surface area contributed by atoms with Gasteiger partial charge in [0.25, 0.3) is 0 Å². The smallest absolute Gasteiger partial charge is 0.142 e. The molecular weight excluding hydrogens is 261 g/mol. The number of benzene rings is 2. The van der Waals surface area contributed by atoms with E-state index in [0.29, 0.717) is 6.54 Å². The van der Waals surface area contributed by atoms with E-state index < -0.39 is 0 Å². The van der Waals surface area contributed by atoms with Crippen LogP contribution in [0, 0.1) is 12.7 Å². The molecule has 2 aromatic rings. The summed E-state index contributed by atoms with van der Waals surface area (Å²) in [5.74, 6) is -0.361. The normalized spacial score (nSPS) is 10.7. The second-order valence-corrected chi connectivity index (χ2v) is 5.01. The maximum absolute atomic E-state index is 13.2. The van der Waals surface area contributed by atoms with E-state index in [4.69, 9.17) is 11.6 Å². The van der Waals surface area contributed by atoms with Crippen LogP contribution in [0.1, 0.15) is 16.7 Å². The van der Waals surface area contributed by atoms with Crippen LogP contribution >= 0.6 is 11.6 Å². The van der Waals surface area contributed by atoms with E-state index >= 15 is 0 Å². The Bertz CT molecular complexity index is 554. The summed E-state index contributed by atoms with van der Waals surface area (Å²) in [4.78, 5) is 0. The van der Waals surface area contributed by atoms with Gasteiger partial charge in [0, 0.05) is 6.54 Å². The maximum Gasteiger partial charge on any atom is 0.142 e. The zero-order chi connectivity index (χ0) is 13.7. The van der Waals surface area contributed by atoms with Gasteiger partial charge in [0.1, 0.15) is 5.82 Å². The van der Waals surface area contributed by atoms with Gasteiger partial charge in [0.05, 0.1) is 5.02 Å². The highest BCUT2D eigenvalue weighted by Crippen LogP contribution is 2.19. The molecule has 0 saturated heterocycles. The molecule has 0 aromatic heterocycles. The molecular formula is C16H17ClFN. The SMILES string of the molecule is Cc1cccc(CCNCc2cccc(F)c2Cl)c1. The Morgan fingerprint density at radius 3 is 2.74 bits per heavy atom. The zero-order valence-corrected chi connectivity index (χ0v) is 11.7. The van der Waals surface area contributed by atoms with Crippen molar-refractivity contribution < 1.29 is 4.39 Å². The number of hydrogen-bond acceptors (Lipinski definition) is 1. The molecule has 0 unspecified atom stereocenters. The lowest BCUT2D eigenvalue weighted by molar-refractivity contribution is 0.620. The number of halogens is 2. The summed E-state index contributed by atoms with van der Waals surface area (Å²) in [6.07, 6.45) is 0.953. The number of rotatable bonds is 5. The van der Waals surface area contributed by atoms with Gasteiger partial charge in [-0.1, -0.05) is 53.6 Å². The molecule has 2 rings (SSSR count). The Labute approximate surface area is 118 Å². The quantitative estimate of drug-likeness (QED) is 0.811. The fourth-order valence-electron chi connectivity index (χ4n) is 2.01. The summed E-state index contributed by atoms with van der Waals surface area (Å²) >= 11 is 5.89. The molecule has 0 radical (unpaired) electrons. The fourth-order valence-corrected chi connectivity index (χ4v) is 2.20. The molecule has 1 nitrogen and oxygen atoms in total. The average Bonchev–Trinajstić information content (AvgIpc) is 2.39. The van der Waals surface area contributed by atoms with Gasteiger partial charge in [-0.25, -0.2) is 4.39 Å². The highest BCUT2D eigenvalue weighted by molar-refractivity contribution is 6.31. The fraction of sp³-hybridized carbons (Fsp3) is 0.250. The van der Waals surface area contributed by atoms with E-state index in [2.05, 4.69) is 36.5 Å². The molecule has 0 bridgehead atoms. The van der Waals surface area contributed by atoms with Crippen LogP contribution in [0.15, 0.2) is 42.5 Å². The third-order valence-electron chi connectivity index (χ3n) is 3.02. The van der Waals surface area contributed by atoms with Crippen molar-refractivity contribution in [1.82, 2.24) is 5.32 Å². The molecule has 3 heteroatoms. The summed E-state index contributed by atoms with van der Waals surface area (Å²) in [6.45, 7) is 3.52. The lowest BCUT2D eigenvalue weighted by Gasteiger charge is -2.07. The minimum Gasteiger partial charge on any atom is -0.312 e. The van der Waals surface area contributed by atoms with Crippen LogP contribution in [0.5, 0.6) is 0 Å². The van der Waals surface area contributed by atoms with E-state index in [1.54, 1.807) is 6.07 Å². The summed E-state index contributed by atoms with van der Waals surface area (Å²) in [7, 11) is 0. The minimum atomic E-state index is -0.361. The Hall–Kier alpha value is -1.38. The topological polar surface area (TPSA) is 12.0 Å². The van der Waals surface area contributed by atoms with Gasteiger partial charge in [-0.05, 0) is 37.1 Å². The molecule has 0 heterocycles. The van der Waals surface area contributed by atoms with Crippen molar-refractivity contribution >= 4 is 11.6 Å². The maximum atomic E-state index is 13.2. The molecule has 19 heavy (non-hydrogen) atoms. The van der Waals surface area contributed by atoms with Crippen LogP contribution < -0.4 is 5.32 Å². The van der Waals surface area contributed by atoms with Crippen LogP contribution in [-0.2, 0) is 13.0 Å². The molecule has 0 aliphatic carbocycles. The number of hydrogen-bond donors (Lipinski definition) is 1. The van der Waals surface area contributed by atoms with E-state index in [1.165, 1.54) is 17.2 Å². The Morgan fingerprint density at radius 1 is 1.16 bits per heavy atom. The first kappa shape index (κ1) is 14.0. The third kappa shape index (κ3) is 4.05. The Kier molecular flexibility index (Phi) is 4.94. The van der Waals surface area contributed by atoms with Crippen LogP contribution in [0.25, 0.3) is 0 Å². The molecule has 0 amide bonds. The second kappa shape index (κ2) is 6.69. The highest BCUT2D eigenvalue weighted by Gasteiger charge is 2.04. The van der Waals surface area contributed by atoms with E-state index in [0.717, 1.165) is 18.5 Å². The molecule has 0 fully saturated rings. The summed E-state index contributed by atoms with van der Waals surface area (Å²) < 4.78 is 13.2. The average molecular weight is 278 g/mol. The van der Waals surface area contributed by atoms with Crippen LogP contribution in [0.3, 0.4) is 0 Å². The molecule has 0 spiro atoms. The molecule has 100 valence electrons. The van der Waals surface area contributed by atoms with Crippen molar-refractivity contribution in [3.05, 3.63) is 70.0 Å². The molecule has 0 aliphatic heterocycles. The monoisotopic (exact) mass is 277 g/mol. The predicted octanol–water partition coefficient (Wildman–Crippen LogP) is 4.12. The Balaban J connectivity index is 1.82. The summed E-state index contributed by atoms with van der Waals surface area (Å²) in [5.41, 5.74) is 3.37. The summed E-state index contributed by atoms with van der Waals surface area (Å²) in [6, 6.07) is 13.3. The minimum absolute atomic E-state index is 0.213. The molecule has 1 N–H and O–H groups in total. The molecule has 0 atom stereocenters. The third-order valence-corrected chi connectivity index (χ3v) is 3.44. The van der Waals surface area contributed by atoms with E-state index in [9.17, 15) is 4.39 Å². The largest absolute Gasteiger partial charge is 0.312 e. The van der Waals surface area contributed by atoms with Crippen molar-refractivity contribution in [2.24, 2.45) is 0 Å². The molecule has 0 aliphatic rings. The van der Waals surface area contributed by atoms with Crippen molar-refractivity contribution in [1.29, 1.82) is 0 Å². The molecule has 2 aromatic carbocycles. The van der Waals surface area contributed by atoms with Crippen LogP contribution in [0.4, 0.5) is 4.39 Å². The first-order valence-electron chi connectivity index (χ1n) is 6.36. The van der Waals surface area contributed by atoms with Crippen molar-refractivity contribution in [3.8, 4) is 0 Å². The lowest BCUT2D eigenvalue weighted by Crippen LogP contribution is -2.17. The standard InChI is InChI=1S/C16H17ClFN/c1-12-4-2-5-13(10-12)8-9-19-11-14-6-3-7-15(18)16(14)17/h2-7,10,19H,8-9,11H2,1H3. The first-order valence-corrected chi connectivity index (χ1v) is 6.74. The summed E-state index contributed by atoms with van der Waals surface area (Å²) in [5, 5.41) is 3.50. The van der Waals surface area contributed by atoms with Crippen molar-refractivity contribution in [2.75, 3.05) is 6.54 Å². The van der Waals surface area contributed by atoms with Gasteiger partial charge >= 0.3 is 0 Å². The number of nitrogens with one attached hydrogen (secondary N) is 1. The van der Waals surface area contributed by atoms with Crippen molar-refractivity contribution in [2.45, 2.75) is 19.9 Å². The number of aryl methyl sites for hydroxylation is 1. The highest BCUT2D eigenvalue weighted by atomic mass is 35.5. The van der Waals surface area contributed by atoms with Gasteiger partial charge in [0.15, 0.2) is 0 Å².